The van der Waals surface area contributed by atoms with Gasteiger partial charge in [0.2, 0.25) is 0 Å². The quantitative estimate of drug-likeness (QED) is 0.426. The van der Waals surface area contributed by atoms with E-state index in [1.54, 1.807) is 0 Å². The van der Waals surface area contributed by atoms with E-state index in [0.717, 1.165) is 37.1 Å². The normalized spacial score (nSPS) is 12.9. The molecule has 8 nitrogen and oxygen atoms in total. The Morgan fingerprint density at radius 1 is 1.14 bits per heavy atom. The van der Waals surface area contributed by atoms with Crippen molar-refractivity contribution in [1.82, 2.24) is 0 Å². The Morgan fingerprint density at radius 2 is 1.89 bits per heavy atom. The molecule has 0 aliphatic heterocycles. The first-order valence-electron chi connectivity index (χ1n) is 8.30. The van der Waals surface area contributed by atoms with Gasteiger partial charge < -0.3 is 15.4 Å². The molecule has 0 aromatic heterocycles. The monoisotopic (exact) mass is 391 g/mol. The van der Waals surface area contributed by atoms with E-state index >= 15 is 0 Å². The summed E-state index contributed by atoms with van der Waals surface area (Å²) in [6, 6.07) is 6.79. The molecule has 2 aromatic carbocycles. The molecule has 1 aliphatic carbocycles. The molecule has 1 fully saturated rings. The summed E-state index contributed by atoms with van der Waals surface area (Å²) >= 11 is 0. The Labute approximate surface area is 157 Å². The van der Waals surface area contributed by atoms with Gasteiger partial charge in [-0.25, -0.2) is 13.6 Å². The van der Waals surface area contributed by atoms with Gasteiger partial charge in [-0.15, -0.1) is 0 Å². The fraction of sp³-hybridized carbons (Fsp3) is 0.222. The van der Waals surface area contributed by atoms with E-state index in [1.165, 1.54) is 12.1 Å². The summed E-state index contributed by atoms with van der Waals surface area (Å²) in [4.78, 5) is 34.4. The third-order valence-electron chi connectivity index (χ3n) is 3.90. The molecular weight excluding hydrogens is 376 g/mol. The van der Waals surface area contributed by atoms with Crippen LogP contribution in [0.2, 0.25) is 0 Å². The highest BCUT2D eigenvalue weighted by Crippen LogP contribution is 2.31. The lowest BCUT2D eigenvalue weighted by Gasteiger charge is -2.09. The molecule has 3 rings (SSSR count). The van der Waals surface area contributed by atoms with Crippen molar-refractivity contribution in [2.75, 3.05) is 17.2 Å². The molecule has 1 aliphatic rings. The van der Waals surface area contributed by atoms with Crippen LogP contribution in [0.15, 0.2) is 36.4 Å². The number of esters is 1. The molecule has 0 atom stereocenters. The van der Waals surface area contributed by atoms with Crippen LogP contribution in [0.25, 0.3) is 0 Å². The molecule has 0 unspecified atom stereocenters. The van der Waals surface area contributed by atoms with Crippen molar-refractivity contribution in [1.29, 1.82) is 0 Å². The lowest BCUT2D eigenvalue weighted by molar-refractivity contribution is -0.384. The van der Waals surface area contributed by atoms with Gasteiger partial charge in [0.1, 0.15) is 5.69 Å². The zero-order valence-corrected chi connectivity index (χ0v) is 14.4. The Balaban J connectivity index is 1.60. The fourth-order valence-corrected chi connectivity index (χ4v) is 2.36. The molecule has 10 heteroatoms. The number of carbonyl (C=O) groups is 2. The number of anilines is 2. The van der Waals surface area contributed by atoms with Gasteiger partial charge in [-0.2, -0.15) is 0 Å². The Kier molecular flexibility index (Phi) is 5.48. The minimum absolute atomic E-state index is 0.00825. The van der Waals surface area contributed by atoms with Crippen molar-refractivity contribution in [3.8, 4) is 0 Å². The maximum Gasteiger partial charge on any atom is 0.338 e. The molecular formula is C18H15F2N3O5. The number of carbonyl (C=O) groups excluding carboxylic acids is 2. The predicted molar refractivity (Wildman–Crippen MR) is 95.0 cm³/mol. The minimum Gasteiger partial charge on any atom is -0.452 e. The smallest absolute Gasteiger partial charge is 0.338 e. The van der Waals surface area contributed by atoms with Crippen LogP contribution in [-0.2, 0) is 9.53 Å². The highest BCUT2D eigenvalue weighted by atomic mass is 19.2. The first-order chi connectivity index (χ1) is 13.3. The van der Waals surface area contributed by atoms with Crippen LogP contribution in [-0.4, -0.2) is 29.4 Å². The lowest BCUT2D eigenvalue weighted by Crippen LogP contribution is -2.21. The number of rotatable bonds is 7. The molecule has 0 saturated heterocycles. The van der Waals surface area contributed by atoms with Crippen LogP contribution < -0.4 is 10.6 Å². The average molecular weight is 391 g/mol. The van der Waals surface area contributed by atoms with Gasteiger partial charge in [-0.05, 0) is 37.1 Å². The number of nitrogens with one attached hydrogen (secondary N) is 2. The number of amides is 1. The predicted octanol–water partition coefficient (Wildman–Crippen LogP) is 3.24. The molecule has 1 amide bonds. The molecule has 2 aromatic rings. The molecule has 2 N–H and O–H groups in total. The Bertz CT molecular complexity index is 947. The lowest BCUT2D eigenvalue weighted by atomic mass is 10.1. The second-order valence-corrected chi connectivity index (χ2v) is 6.16. The standard InChI is InChI=1S/C18H15F2N3O5/c19-13-5-4-12(8-14(13)20)22-17(24)9-28-18(25)10-1-6-15(21-11-2-3-11)16(7-10)23(26)27/h1,4-8,11,21H,2-3,9H2,(H,22,24). The van der Waals surface area contributed by atoms with Crippen molar-refractivity contribution >= 4 is 28.9 Å². The van der Waals surface area contributed by atoms with E-state index in [0.29, 0.717) is 5.69 Å². The maximum atomic E-state index is 13.1. The van der Waals surface area contributed by atoms with E-state index in [2.05, 4.69) is 10.6 Å². The first-order valence-corrected chi connectivity index (χ1v) is 8.30. The van der Waals surface area contributed by atoms with E-state index in [4.69, 9.17) is 4.74 Å². The fourth-order valence-electron chi connectivity index (χ4n) is 2.36. The van der Waals surface area contributed by atoms with Gasteiger partial charge in [0.05, 0.1) is 10.5 Å². The molecule has 0 bridgehead atoms. The molecule has 28 heavy (non-hydrogen) atoms. The maximum absolute atomic E-state index is 13.1. The number of hydrogen-bond acceptors (Lipinski definition) is 6. The summed E-state index contributed by atoms with van der Waals surface area (Å²) in [5.74, 6) is -3.91. The molecule has 1 saturated carbocycles. The van der Waals surface area contributed by atoms with Crippen LogP contribution in [0.4, 0.5) is 25.8 Å². The second-order valence-electron chi connectivity index (χ2n) is 6.16. The SMILES string of the molecule is O=C(COC(=O)c1ccc(NC2CC2)c([N+](=O)[O-])c1)Nc1ccc(F)c(F)c1. The summed E-state index contributed by atoms with van der Waals surface area (Å²) < 4.78 is 30.8. The van der Waals surface area contributed by atoms with Crippen LogP contribution in [0.1, 0.15) is 23.2 Å². The summed E-state index contributed by atoms with van der Waals surface area (Å²) in [5, 5.41) is 16.5. The molecule has 0 spiro atoms. The van der Waals surface area contributed by atoms with Gasteiger partial charge in [0, 0.05) is 23.9 Å². The van der Waals surface area contributed by atoms with Crippen molar-refractivity contribution in [2.24, 2.45) is 0 Å². The molecule has 0 heterocycles. The van der Waals surface area contributed by atoms with Gasteiger partial charge in [-0.3, -0.25) is 14.9 Å². The molecule has 0 radical (unpaired) electrons. The Hall–Kier alpha value is -3.56. The summed E-state index contributed by atoms with van der Waals surface area (Å²) in [6.45, 7) is -0.701. The summed E-state index contributed by atoms with van der Waals surface area (Å²) in [7, 11) is 0. The van der Waals surface area contributed by atoms with E-state index in [1.807, 2.05) is 0 Å². The Morgan fingerprint density at radius 3 is 2.54 bits per heavy atom. The van der Waals surface area contributed by atoms with Crippen LogP contribution in [0.5, 0.6) is 0 Å². The highest BCUT2D eigenvalue weighted by Gasteiger charge is 2.26. The van der Waals surface area contributed by atoms with E-state index in [-0.39, 0.29) is 23.0 Å². The average Bonchev–Trinajstić information content (AvgIpc) is 3.47. The van der Waals surface area contributed by atoms with Gasteiger partial charge in [-0.1, -0.05) is 0 Å². The van der Waals surface area contributed by atoms with Crippen LogP contribution >= 0.6 is 0 Å². The largest absolute Gasteiger partial charge is 0.452 e. The van der Waals surface area contributed by atoms with Gasteiger partial charge in [0.15, 0.2) is 18.2 Å². The zero-order valence-electron chi connectivity index (χ0n) is 14.4. The first kappa shape index (κ1) is 19.2. The number of hydrogen-bond donors (Lipinski definition) is 2. The van der Waals surface area contributed by atoms with Crippen molar-refractivity contribution in [3.63, 3.8) is 0 Å². The number of nitro groups is 1. The third kappa shape index (κ3) is 4.78. The third-order valence-corrected chi connectivity index (χ3v) is 3.90. The number of nitro benzene ring substituents is 1. The number of ether oxygens (including phenoxy) is 1. The van der Waals surface area contributed by atoms with Crippen LogP contribution in [0.3, 0.4) is 0 Å². The number of halogens is 2. The van der Waals surface area contributed by atoms with Gasteiger partial charge >= 0.3 is 5.97 Å². The number of benzene rings is 2. The number of nitrogens with zero attached hydrogens (tertiary/aromatic N) is 1. The van der Waals surface area contributed by atoms with Crippen molar-refractivity contribution in [3.05, 3.63) is 63.7 Å². The summed E-state index contributed by atoms with van der Waals surface area (Å²) in [6.07, 6.45) is 1.85. The zero-order chi connectivity index (χ0) is 20.3. The highest BCUT2D eigenvalue weighted by molar-refractivity contribution is 5.96. The second kappa shape index (κ2) is 7.99. The molecule has 146 valence electrons. The van der Waals surface area contributed by atoms with Gasteiger partial charge in [0.25, 0.3) is 11.6 Å². The topological polar surface area (TPSA) is 111 Å². The van der Waals surface area contributed by atoms with Crippen molar-refractivity contribution in [2.45, 2.75) is 18.9 Å². The van der Waals surface area contributed by atoms with E-state index < -0.39 is 35.0 Å². The van der Waals surface area contributed by atoms with E-state index in [9.17, 15) is 28.5 Å². The minimum atomic E-state index is -1.14. The summed E-state index contributed by atoms with van der Waals surface area (Å²) in [5.41, 5.74) is -0.0625. The van der Waals surface area contributed by atoms with Crippen molar-refractivity contribution < 1.29 is 28.0 Å². The van der Waals surface area contributed by atoms with Crippen LogP contribution in [0, 0.1) is 21.7 Å².